The average molecular weight is 415 g/mol. The van der Waals surface area contributed by atoms with Gasteiger partial charge in [-0.2, -0.15) is 0 Å². The highest BCUT2D eigenvalue weighted by atomic mass is 32.2. The van der Waals surface area contributed by atoms with Crippen molar-refractivity contribution >= 4 is 32.4 Å². The molecule has 0 aliphatic rings. The first-order chi connectivity index (χ1) is 13.8. The largest absolute Gasteiger partial charge is 0.350 e. The van der Waals surface area contributed by atoms with Crippen molar-refractivity contribution in [3.8, 4) is 0 Å². The van der Waals surface area contributed by atoms with Crippen LogP contribution in [-0.2, 0) is 21.4 Å². The minimum atomic E-state index is -3.88. The number of anilines is 1. The summed E-state index contributed by atoms with van der Waals surface area (Å²) in [6.45, 7) is 1.94. The molecule has 3 rings (SSSR count). The lowest BCUT2D eigenvalue weighted by molar-refractivity contribution is -0.122. The first kappa shape index (κ1) is 20.8. The number of hydrogen-bond donors (Lipinski definition) is 1. The Balaban J connectivity index is 1.83. The standard InChI is InChI=1S/C22H23FN2O3S/c1-3-20(25(29(2,27)28)21-11-7-6-10-19(21)23)22(26)24-15-16-12-13-17-8-4-5-9-18(17)14-16/h4-14,20H,3,15H2,1-2H3,(H,24,26). The van der Waals surface area contributed by atoms with Crippen molar-refractivity contribution in [1.29, 1.82) is 0 Å². The van der Waals surface area contributed by atoms with Crippen LogP contribution in [0.4, 0.5) is 10.1 Å². The summed E-state index contributed by atoms with van der Waals surface area (Å²) < 4.78 is 39.9. The van der Waals surface area contributed by atoms with Crippen LogP contribution in [0.2, 0.25) is 0 Å². The number of nitrogens with zero attached hydrogens (tertiary/aromatic N) is 1. The molecule has 1 amide bonds. The number of nitrogens with one attached hydrogen (secondary N) is 1. The smallest absolute Gasteiger partial charge is 0.244 e. The van der Waals surface area contributed by atoms with Crippen LogP contribution in [0.15, 0.2) is 66.7 Å². The van der Waals surface area contributed by atoms with Gasteiger partial charge in [0.2, 0.25) is 15.9 Å². The number of amides is 1. The molecule has 0 saturated heterocycles. The highest BCUT2D eigenvalue weighted by Gasteiger charge is 2.32. The van der Waals surface area contributed by atoms with E-state index in [4.69, 9.17) is 0 Å². The maximum absolute atomic E-state index is 14.3. The lowest BCUT2D eigenvalue weighted by Gasteiger charge is -2.30. The van der Waals surface area contributed by atoms with E-state index in [2.05, 4.69) is 5.32 Å². The third-order valence-corrected chi connectivity index (χ3v) is 5.87. The van der Waals surface area contributed by atoms with E-state index in [-0.39, 0.29) is 18.7 Å². The number of halogens is 1. The highest BCUT2D eigenvalue weighted by molar-refractivity contribution is 7.92. The van der Waals surface area contributed by atoms with Crippen molar-refractivity contribution in [2.45, 2.75) is 25.9 Å². The summed E-state index contributed by atoms with van der Waals surface area (Å²) in [4.78, 5) is 12.8. The molecule has 0 bridgehead atoms. The third-order valence-electron chi connectivity index (χ3n) is 4.70. The molecule has 3 aromatic carbocycles. The number of hydrogen-bond acceptors (Lipinski definition) is 3. The van der Waals surface area contributed by atoms with Gasteiger partial charge in [-0.15, -0.1) is 0 Å². The molecule has 0 fully saturated rings. The molecule has 0 aliphatic carbocycles. The fraction of sp³-hybridized carbons (Fsp3) is 0.227. The fourth-order valence-corrected chi connectivity index (χ4v) is 4.53. The quantitative estimate of drug-likeness (QED) is 0.639. The Morgan fingerprint density at radius 1 is 1.03 bits per heavy atom. The number of fused-ring (bicyclic) bond motifs is 1. The molecular formula is C22H23FN2O3S. The SMILES string of the molecule is CCC(C(=O)NCc1ccc2ccccc2c1)N(c1ccccc1F)S(C)(=O)=O. The maximum atomic E-state index is 14.3. The molecule has 0 spiro atoms. The summed E-state index contributed by atoms with van der Waals surface area (Å²) in [7, 11) is -3.88. The summed E-state index contributed by atoms with van der Waals surface area (Å²) in [5.41, 5.74) is 0.756. The molecule has 5 nitrogen and oxygen atoms in total. The molecule has 0 radical (unpaired) electrons. The number of para-hydroxylation sites is 1. The molecular weight excluding hydrogens is 391 g/mol. The van der Waals surface area contributed by atoms with Gasteiger partial charge in [-0.1, -0.05) is 55.5 Å². The minimum absolute atomic E-state index is 0.136. The van der Waals surface area contributed by atoms with Gasteiger partial charge in [0.25, 0.3) is 0 Å². The monoisotopic (exact) mass is 414 g/mol. The van der Waals surface area contributed by atoms with Crippen molar-refractivity contribution in [2.24, 2.45) is 0 Å². The first-order valence-electron chi connectivity index (χ1n) is 9.30. The molecule has 0 aromatic heterocycles. The van der Waals surface area contributed by atoms with Gasteiger partial charge < -0.3 is 5.32 Å². The third kappa shape index (κ3) is 4.74. The molecule has 0 aliphatic heterocycles. The van der Waals surface area contributed by atoms with E-state index in [0.717, 1.165) is 26.9 Å². The molecule has 0 heterocycles. The van der Waals surface area contributed by atoms with Gasteiger partial charge in [-0.05, 0) is 41.0 Å². The van der Waals surface area contributed by atoms with Crippen molar-refractivity contribution in [2.75, 3.05) is 10.6 Å². The van der Waals surface area contributed by atoms with Gasteiger partial charge in [0, 0.05) is 6.54 Å². The Kier molecular flexibility index (Phi) is 6.17. The van der Waals surface area contributed by atoms with Gasteiger partial charge >= 0.3 is 0 Å². The van der Waals surface area contributed by atoms with Gasteiger partial charge in [-0.3, -0.25) is 9.10 Å². The second-order valence-corrected chi connectivity index (χ2v) is 8.69. The molecule has 1 atom stereocenters. The first-order valence-corrected chi connectivity index (χ1v) is 11.2. The van der Waals surface area contributed by atoms with E-state index in [9.17, 15) is 17.6 Å². The van der Waals surface area contributed by atoms with Crippen molar-refractivity contribution in [3.63, 3.8) is 0 Å². The van der Waals surface area contributed by atoms with Crippen molar-refractivity contribution < 1.29 is 17.6 Å². The molecule has 7 heteroatoms. The van der Waals surface area contributed by atoms with Crippen LogP contribution in [-0.4, -0.2) is 26.6 Å². The number of carbonyl (C=O) groups excluding carboxylic acids is 1. The lowest BCUT2D eigenvalue weighted by atomic mass is 10.1. The Hall–Kier alpha value is -2.93. The summed E-state index contributed by atoms with van der Waals surface area (Å²) in [6.07, 6.45) is 1.17. The van der Waals surface area contributed by atoms with Crippen LogP contribution < -0.4 is 9.62 Å². The van der Waals surface area contributed by atoms with Gasteiger partial charge in [0.05, 0.1) is 11.9 Å². The van der Waals surface area contributed by atoms with E-state index >= 15 is 0 Å². The van der Waals surface area contributed by atoms with Gasteiger partial charge in [-0.25, -0.2) is 12.8 Å². The second-order valence-electron chi connectivity index (χ2n) is 6.83. The van der Waals surface area contributed by atoms with E-state index in [1.807, 2.05) is 42.5 Å². The Morgan fingerprint density at radius 2 is 1.69 bits per heavy atom. The number of rotatable bonds is 7. The van der Waals surface area contributed by atoms with Gasteiger partial charge in [0.1, 0.15) is 11.9 Å². The Morgan fingerprint density at radius 3 is 2.34 bits per heavy atom. The molecule has 1 N–H and O–H groups in total. The highest BCUT2D eigenvalue weighted by Crippen LogP contribution is 2.25. The van der Waals surface area contributed by atoms with E-state index < -0.39 is 27.8 Å². The predicted octanol–water partition coefficient (Wildman–Crippen LogP) is 3.84. The number of benzene rings is 3. The number of carbonyl (C=O) groups is 1. The summed E-state index contributed by atoms with van der Waals surface area (Å²) in [5.74, 6) is -1.17. The Bertz CT molecular complexity index is 1130. The fourth-order valence-electron chi connectivity index (χ4n) is 3.32. The average Bonchev–Trinajstić information content (AvgIpc) is 2.70. The zero-order chi connectivity index (χ0) is 21.0. The van der Waals surface area contributed by atoms with E-state index in [1.165, 1.54) is 24.3 Å². The zero-order valence-electron chi connectivity index (χ0n) is 16.3. The van der Waals surface area contributed by atoms with Crippen LogP contribution in [0.5, 0.6) is 0 Å². The van der Waals surface area contributed by atoms with Crippen LogP contribution in [0, 0.1) is 5.82 Å². The van der Waals surface area contributed by atoms with Crippen LogP contribution in [0.25, 0.3) is 10.8 Å². The molecule has 1 unspecified atom stereocenters. The maximum Gasteiger partial charge on any atom is 0.244 e. The van der Waals surface area contributed by atoms with Crippen LogP contribution in [0.3, 0.4) is 0 Å². The molecule has 29 heavy (non-hydrogen) atoms. The topological polar surface area (TPSA) is 66.5 Å². The second kappa shape index (κ2) is 8.61. The molecule has 3 aromatic rings. The minimum Gasteiger partial charge on any atom is -0.350 e. The molecule has 152 valence electrons. The van der Waals surface area contributed by atoms with E-state index in [1.54, 1.807) is 6.92 Å². The summed E-state index contributed by atoms with van der Waals surface area (Å²) in [6, 6.07) is 18.2. The van der Waals surface area contributed by atoms with Gasteiger partial charge in [0.15, 0.2) is 0 Å². The Labute approximate surface area is 170 Å². The lowest BCUT2D eigenvalue weighted by Crippen LogP contribution is -2.49. The summed E-state index contributed by atoms with van der Waals surface area (Å²) >= 11 is 0. The normalized spacial score (nSPS) is 12.5. The summed E-state index contributed by atoms with van der Waals surface area (Å²) in [5, 5.41) is 4.93. The van der Waals surface area contributed by atoms with Crippen LogP contribution in [0.1, 0.15) is 18.9 Å². The van der Waals surface area contributed by atoms with E-state index in [0.29, 0.717) is 0 Å². The predicted molar refractivity (Wildman–Crippen MR) is 114 cm³/mol. The zero-order valence-corrected chi connectivity index (χ0v) is 17.1. The molecule has 0 saturated carbocycles. The van der Waals surface area contributed by atoms with Crippen LogP contribution >= 0.6 is 0 Å². The van der Waals surface area contributed by atoms with Crippen molar-refractivity contribution in [1.82, 2.24) is 5.32 Å². The number of sulfonamides is 1. The van der Waals surface area contributed by atoms with Crippen molar-refractivity contribution in [3.05, 3.63) is 78.1 Å².